The third kappa shape index (κ3) is 3.26. The van der Waals surface area contributed by atoms with E-state index in [1.54, 1.807) is 12.1 Å². The second-order valence-electron chi connectivity index (χ2n) is 4.88. The van der Waals surface area contributed by atoms with Crippen molar-refractivity contribution in [1.29, 1.82) is 5.26 Å². The predicted molar refractivity (Wildman–Crippen MR) is 77.5 cm³/mol. The number of hydrogen-bond donors (Lipinski definition) is 2. The van der Waals surface area contributed by atoms with Crippen LogP contribution in [-0.2, 0) is 0 Å². The fraction of sp³-hybridized carbons (Fsp3) is 0.500. The Bertz CT molecular complexity index is 490. The first-order valence-electron chi connectivity index (χ1n) is 6.47. The van der Waals surface area contributed by atoms with Crippen LogP contribution in [0.1, 0.15) is 31.2 Å². The van der Waals surface area contributed by atoms with Gasteiger partial charge in [0.1, 0.15) is 6.07 Å². The lowest BCUT2D eigenvalue weighted by Gasteiger charge is -2.29. The van der Waals surface area contributed by atoms with E-state index >= 15 is 0 Å². The van der Waals surface area contributed by atoms with Gasteiger partial charge in [-0.2, -0.15) is 5.26 Å². The van der Waals surface area contributed by atoms with E-state index in [1.165, 1.54) is 0 Å². The van der Waals surface area contributed by atoms with Crippen LogP contribution in [0.15, 0.2) is 16.6 Å². The molecule has 0 radical (unpaired) electrons. The predicted octanol–water partition coefficient (Wildman–Crippen LogP) is 3.40. The summed E-state index contributed by atoms with van der Waals surface area (Å²) < 4.78 is 14.3. The minimum Gasteiger partial charge on any atom is -0.380 e. The SMILES string of the molecule is CNC1CCC(Nc2ccc(C#N)c(Br)c2F)CC1. The Kier molecular flexibility index (Phi) is 4.78. The molecule has 0 atom stereocenters. The van der Waals surface area contributed by atoms with E-state index in [2.05, 4.69) is 26.6 Å². The molecule has 1 aliphatic rings. The van der Waals surface area contributed by atoms with Crippen LogP contribution in [0.3, 0.4) is 0 Å². The van der Waals surface area contributed by atoms with Crippen molar-refractivity contribution in [2.75, 3.05) is 12.4 Å². The number of nitriles is 1. The van der Waals surface area contributed by atoms with E-state index in [4.69, 9.17) is 5.26 Å². The van der Waals surface area contributed by atoms with Crippen LogP contribution in [0.5, 0.6) is 0 Å². The maximum Gasteiger partial charge on any atom is 0.161 e. The largest absolute Gasteiger partial charge is 0.380 e. The zero-order chi connectivity index (χ0) is 13.8. The molecule has 1 aromatic carbocycles. The van der Waals surface area contributed by atoms with E-state index < -0.39 is 0 Å². The van der Waals surface area contributed by atoms with Crippen LogP contribution in [0.4, 0.5) is 10.1 Å². The summed E-state index contributed by atoms with van der Waals surface area (Å²) in [5, 5.41) is 15.4. The Morgan fingerprint density at radius 3 is 2.47 bits per heavy atom. The Morgan fingerprint density at radius 2 is 1.89 bits per heavy atom. The smallest absolute Gasteiger partial charge is 0.161 e. The van der Waals surface area contributed by atoms with Gasteiger partial charge in [-0.15, -0.1) is 0 Å². The molecule has 19 heavy (non-hydrogen) atoms. The van der Waals surface area contributed by atoms with Gasteiger partial charge in [0.25, 0.3) is 0 Å². The molecule has 0 aliphatic heterocycles. The van der Waals surface area contributed by atoms with Crippen molar-refractivity contribution in [3.8, 4) is 6.07 Å². The summed E-state index contributed by atoms with van der Waals surface area (Å²) in [6.45, 7) is 0. The number of nitrogens with one attached hydrogen (secondary N) is 2. The van der Waals surface area contributed by atoms with Gasteiger partial charge < -0.3 is 10.6 Å². The molecule has 0 bridgehead atoms. The molecule has 2 rings (SSSR count). The molecule has 102 valence electrons. The van der Waals surface area contributed by atoms with Crippen molar-refractivity contribution in [1.82, 2.24) is 5.32 Å². The van der Waals surface area contributed by atoms with Crippen molar-refractivity contribution >= 4 is 21.6 Å². The standard InChI is InChI=1S/C14H17BrFN3/c1-18-10-3-5-11(6-4-10)19-12-7-2-9(8-17)13(15)14(12)16/h2,7,10-11,18-19H,3-6H2,1H3. The van der Waals surface area contributed by atoms with E-state index in [1.807, 2.05) is 13.1 Å². The molecule has 3 nitrogen and oxygen atoms in total. The number of nitrogens with zero attached hydrogens (tertiary/aromatic N) is 1. The van der Waals surface area contributed by atoms with Gasteiger partial charge in [0, 0.05) is 12.1 Å². The molecule has 1 fully saturated rings. The van der Waals surface area contributed by atoms with Gasteiger partial charge in [0.2, 0.25) is 0 Å². The summed E-state index contributed by atoms with van der Waals surface area (Å²) >= 11 is 3.13. The highest BCUT2D eigenvalue weighted by atomic mass is 79.9. The number of hydrogen-bond acceptors (Lipinski definition) is 3. The van der Waals surface area contributed by atoms with Gasteiger partial charge >= 0.3 is 0 Å². The number of anilines is 1. The molecule has 0 unspecified atom stereocenters. The van der Waals surface area contributed by atoms with Gasteiger partial charge in [-0.25, -0.2) is 4.39 Å². The van der Waals surface area contributed by atoms with E-state index in [9.17, 15) is 4.39 Å². The minimum atomic E-state index is -0.380. The highest BCUT2D eigenvalue weighted by molar-refractivity contribution is 9.10. The monoisotopic (exact) mass is 325 g/mol. The molecule has 2 N–H and O–H groups in total. The minimum absolute atomic E-state index is 0.240. The van der Waals surface area contributed by atoms with Crippen molar-refractivity contribution in [3.05, 3.63) is 28.0 Å². The number of halogens is 2. The van der Waals surface area contributed by atoms with Crippen LogP contribution in [-0.4, -0.2) is 19.1 Å². The highest BCUT2D eigenvalue weighted by Crippen LogP contribution is 2.29. The topological polar surface area (TPSA) is 47.8 Å². The lowest BCUT2D eigenvalue weighted by molar-refractivity contribution is 0.370. The molecular weight excluding hydrogens is 309 g/mol. The Hall–Kier alpha value is -1.12. The summed E-state index contributed by atoms with van der Waals surface area (Å²) in [5.41, 5.74) is 0.792. The van der Waals surface area contributed by atoms with Crippen molar-refractivity contribution in [2.45, 2.75) is 37.8 Å². The first kappa shape index (κ1) is 14.3. The van der Waals surface area contributed by atoms with Crippen LogP contribution in [0.25, 0.3) is 0 Å². The third-order valence-electron chi connectivity index (χ3n) is 3.70. The van der Waals surface area contributed by atoms with E-state index in [0.29, 0.717) is 23.3 Å². The maximum atomic E-state index is 14.1. The van der Waals surface area contributed by atoms with Crippen molar-refractivity contribution in [2.24, 2.45) is 0 Å². The second kappa shape index (κ2) is 6.36. The summed E-state index contributed by atoms with van der Waals surface area (Å²) in [6.07, 6.45) is 4.27. The Labute approximate surface area is 121 Å². The zero-order valence-corrected chi connectivity index (χ0v) is 12.4. The first-order valence-corrected chi connectivity index (χ1v) is 7.27. The van der Waals surface area contributed by atoms with Crippen molar-refractivity contribution < 1.29 is 4.39 Å². The summed E-state index contributed by atoms with van der Waals surface area (Å²) in [6, 6.07) is 6.12. The van der Waals surface area contributed by atoms with Crippen LogP contribution in [0.2, 0.25) is 0 Å². The first-order chi connectivity index (χ1) is 9.15. The number of rotatable bonds is 3. The number of benzene rings is 1. The Balaban J connectivity index is 2.05. The molecule has 1 aromatic rings. The van der Waals surface area contributed by atoms with Gasteiger partial charge in [-0.05, 0) is 60.8 Å². The van der Waals surface area contributed by atoms with Crippen molar-refractivity contribution in [3.63, 3.8) is 0 Å². The van der Waals surface area contributed by atoms with E-state index in [0.717, 1.165) is 25.7 Å². The normalized spacial score (nSPS) is 22.8. The lowest BCUT2D eigenvalue weighted by atomic mass is 9.91. The molecule has 0 amide bonds. The average molecular weight is 326 g/mol. The van der Waals surface area contributed by atoms with Gasteiger partial charge in [-0.1, -0.05) is 0 Å². The van der Waals surface area contributed by atoms with Gasteiger partial charge in [0.15, 0.2) is 5.82 Å². The molecule has 0 heterocycles. The molecule has 1 aliphatic carbocycles. The molecule has 0 aromatic heterocycles. The second-order valence-corrected chi connectivity index (χ2v) is 5.68. The Morgan fingerprint density at radius 1 is 1.26 bits per heavy atom. The fourth-order valence-electron chi connectivity index (χ4n) is 2.49. The van der Waals surface area contributed by atoms with Crippen LogP contribution in [0, 0.1) is 17.1 Å². The maximum absolute atomic E-state index is 14.1. The van der Waals surface area contributed by atoms with Gasteiger partial charge in [0.05, 0.1) is 15.7 Å². The summed E-state index contributed by atoms with van der Waals surface area (Å²) in [4.78, 5) is 0. The van der Waals surface area contributed by atoms with Gasteiger partial charge in [-0.3, -0.25) is 0 Å². The molecule has 5 heteroatoms. The quantitative estimate of drug-likeness (QED) is 0.895. The summed E-state index contributed by atoms with van der Waals surface area (Å²) in [7, 11) is 1.98. The molecular formula is C14H17BrFN3. The lowest BCUT2D eigenvalue weighted by Crippen LogP contribution is -2.35. The van der Waals surface area contributed by atoms with E-state index in [-0.39, 0.29) is 10.3 Å². The molecule has 0 saturated heterocycles. The molecule has 1 saturated carbocycles. The summed E-state index contributed by atoms with van der Waals surface area (Å²) in [5.74, 6) is -0.380. The third-order valence-corrected chi connectivity index (χ3v) is 4.47. The molecule has 0 spiro atoms. The van der Waals surface area contributed by atoms with Crippen LogP contribution < -0.4 is 10.6 Å². The zero-order valence-electron chi connectivity index (χ0n) is 10.8. The van der Waals surface area contributed by atoms with Crippen LogP contribution >= 0.6 is 15.9 Å². The fourth-order valence-corrected chi connectivity index (χ4v) is 2.93. The highest BCUT2D eigenvalue weighted by Gasteiger charge is 2.21. The average Bonchev–Trinajstić information content (AvgIpc) is 2.45.